The molecule has 0 saturated heterocycles. The Hall–Kier alpha value is -2.30. The summed E-state index contributed by atoms with van der Waals surface area (Å²) in [5.41, 5.74) is 1.78. The average molecular weight is 489 g/mol. The quantitative estimate of drug-likeness (QED) is 0.594. The minimum absolute atomic E-state index is 0.0193. The first-order valence-electron chi connectivity index (χ1n) is 10.7. The van der Waals surface area contributed by atoms with Crippen LogP contribution < -0.4 is 10.1 Å². The van der Waals surface area contributed by atoms with Crippen molar-refractivity contribution in [2.75, 3.05) is 0 Å². The van der Waals surface area contributed by atoms with Crippen LogP contribution in [0.25, 0.3) is 0 Å². The maximum atomic E-state index is 12.6. The predicted octanol–water partition coefficient (Wildman–Crippen LogP) is 4.39. The second-order valence-corrected chi connectivity index (χ2v) is 8.99. The summed E-state index contributed by atoms with van der Waals surface area (Å²) in [6, 6.07) is 4.85. The molecule has 1 saturated carbocycles. The summed E-state index contributed by atoms with van der Waals surface area (Å²) in [5, 5.41) is 17.5. The van der Waals surface area contributed by atoms with Gasteiger partial charge in [-0.2, -0.15) is 0 Å². The van der Waals surface area contributed by atoms with E-state index in [2.05, 4.69) is 21.8 Å². The van der Waals surface area contributed by atoms with E-state index in [1.54, 1.807) is 18.2 Å². The van der Waals surface area contributed by atoms with E-state index >= 15 is 0 Å². The largest absolute Gasteiger partial charge is 0.522 e. The molecular formula is C22H24ClF3N2O5. The number of rotatable bonds is 7. The molecule has 3 aliphatic rings. The van der Waals surface area contributed by atoms with Crippen molar-refractivity contribution < 1.29 is 37.4 Å². The van der Waals surface area contributed by atoms with E-state index in [9.17, 15) is 23.1 Å². The third kappa shape index (κ3) is 5.99. The van der Waals surface area contributed by atoms with Crippen molar-refractivity contribution in [1.82, 2.24) is 5.32 Å². The monoisotopic (exact) mass is 488 g/mol. The lowest BCUT2D eigenvalue weighted by Gasteiger charge is -2.37. The van der Waals surface area contributed by atoms with Gasteiger partial charge in [0.1, 0.15) is 11.9 Å². The predicted molar refractivity (Wildman–Crippen MR) is 113 cm³/mol. The molecule has 1 unspecified atom stereocenters. The van der Waals surface area contributed by atoms with Gasteiger partial charge >= 0.3 is 6.36 Å². The molecule has 4 rings (SSSR count). The van der Waals surface area contributed by atoms with Crippen molar-refractivity contribution >= 4 is 23.2 Å². The lowest BCUT2D eigenvalue weighted by molar-refractivity contribution is -0.356. The molecule has 1 fully saturated rings. The van der Waals surface area contributed by atoms with Crippen molar-refractivity contribution in [3.05, 3.63) is 41.1 Å². The molecule has 2 N–H and O–H groups in total. The third-order valence-electron chi connectivity index (χ3n) is 6.06. The Morgan fingerprint density at radius 1 is 1.33 bits per heavy atom. The lowest BCUT2D eigenvalue weighted by atomic mass is 9.77. The Labute approximate surface area is 193 Å². The number of oxime groups is 1. The third-order valence-corrected chi connectivity index (χ3v) is 6.29. The molecule has 0 aromatic heterocycles. The second-order valence-electron chi connectivity index (χ2n) is 8.56. The smallest absolute Gasteiger partial charge is 0.480 e. The van der Waals surface area contributed by atoms with Crippen LogP contribution in [0.15, 0.2) is 35.6 Å². The fourth-order valence-corrected chi connectivity index (χ4v) is 4.42. The van der Waals surface area contributed by atoms with Crippen LogP contribution in [0, 0.1) is 5.92 Å². The van der Waals surface area contributed by atoms with E-state index in [4.69, 9.17) is 21.2 Å². The van der Waals surface area contributed by atoms with Gasteiger partial charge in [0.05, 0.1) is 17.9 Å². The Balaban J connectivity index is 1.18. The number of fused-ring (bicyclic) bond motifs is 1. The van der Waals surface area contributed by atoms with Crippen molar-refractivity contribution in [2.45, 2.75) is 69.3 Å². The normalized spacial score (nSPS) is 28.6. The molecule has 1 aromatic rings. The number of nitrogens with one attached hydrogen (secondary N) is 1. The van der Waals surface area contributed by atoms with Gasteiger partial charge in [-0.05, 0) is 43.9 Å². The fourth-order valence-electron chi connectivity index (χ4n) is 4.24. The van der Waals surface area contributed by atoms with Gasteiger partial charge in [-0.3, -0.25) is 9.53 Å². The second kappa shape index (κ2) is 9.52. The van der Waals surface area contributed by atoms with Crippen LogP contribution in [0.5, 0.6) is 5.75 Å². The molecule has 3 atom stereocenters. The number of carbonyl (C=O) groups excluding carboxylic acids is 1. The van der Waals surface area contributed by atoms with Crippen LogP contribution >= 0.6 is 11.6 Å². The van der Waals surface area contributed by atoms with Crippen molar-refractivity contribution in [2.24, 2.45) is 11.1 Å². The van der Waals surface area contributed by atoms with Crippen LogP contribution in [-0.2, 0) is 14.4 Å². The van der Waals surface area contributed by atoms with Gasteiger partial charge in [-0.1, -0.05) is 23.3 Å². The van der Waals surface area contributed by atoms with E-state index in [0.29, 0.717) is 41.3 Å². The van der Waals surface area contributed by atoms with Crippen molar-refractivity contribution in [3.8, 4) is 5.75 Å². The van der Waals surface area contributed by atoms with Gasteiger partial charge in [-0.15, -0.1) is 13.2 Å². The molecule has 0 bridgehead atoms. The SMILES string of the molecule is C=C(CCC1=NOC(C2CC(OC(F)(F)F)C2)C1)NC(=O)[C@@H]1C[C@@H](O)c2cc(Cl)ccc2O1. The molecule has 0 radical (unpaired) electrons. The number of hydrogen-bond donors (Lipinski definition) is 2. The molecule has 2 aliphatic heterocycles. The van der Waals surface area contributed by atoms with E-state index in [0.717, 1.165) is 5.71 Å². The summed E-state index contributed by atoms with van der Waals surface area (Å²) >= 11 is 5.94. The number of amides is 1. The minimum Gasteiger partial charge on any atom is -0.480 e. The fraction of sp³-hybridized carbons (Fsp3) is 0.545. The van der Waals surface area contributed by atoms with Crippen LogP contribution in [0.3, 0.4) is 0 Å². The van der Waals surface area contributed by atoms with Crippen molar-refractivity contribution in [1.29, 1.82) is 0 Å². The molecule has 2 heterocycles. The lowest BCUT2D eigenvalue weighted by Crippen LogP contribution is -2.41. The number of aliphatic hydroxyl groups is 1. The molecule has 0 spiro atoms. The van der Waals surface area contributed by atoms with Gasteiger partial charge in [-0.25, -0.2) is 0 Å². The summed E-state index contributed by atoms with van der Waals surface area (Å²) in [6.07, 6.45) is -5.29. The molecule has 1 amide bonds. The highest BCUT2D eigenvalue weighted by Gasteiger charge is 2.44. The number of nitrogens with zero attached hydrogens (tertiary/aromatic N) is 1. The number of allylic oxidation sites excluding steroid dienone is 1. The highest BCUT2D eigenvalue weighted by Crippen LogP contribution is 2.40. The minimum atomic E-state index is -4.61. The molecule has 1 aliphatic carbocycles. The Morgan fingerprint density at radius 3 is 2.82 bits per heavy atom. The van der Waals surface area contributed by atoms with E-state index in [1.807, 2.05) is 0 Å². The van der Waals surface area contributed by atoms with Crippen molar-refractivity contribution in [3.63, 3.8) is 0 Å². The van der Waals surface area contributed by atoms with Gasteiger partial charge < -0.3 is 20.0 Å². The van der Waals surface area contributed by atoms with Crippen LogP contribution in [0.2, 0.25) is 5.02 Å². The zero-order valence-electron chi connectivity index (χ0n) is 17.6. The molecule has 11 heteroatoms. The topological polar surface area (TPSA) is 89.4 Å². The Morgan fingerprint density at radius 2 is 2.09 bits per heavy atom. The highest BCUT2D eigenvalue weighted by molar-refractivity contribution is 6.30. The van der Waals surface area contributed by atoms with E-state index < -0.39 is 30.6 Å². The first kappa shape index (κ1) is 23.8. The molecule has 7 nitrogen and oxygen atoms in total. The van der Waals surface area contributed by atoms with Gasteiger partial charge in [0.15, 0.2) is 6.10 Å². The summed E-state index contributed by atoms with van der Waals surface area (Å²) in [7, 11) is 0. The number of carbonyl (C=O) groups is 1. The first-order chi connectivity index (χ1) is 15.6. The maximum Gasteiger partial charge on any atom is 0.522 e. The summed E-state index contributed by atoms with van der Waals surface area (Å²) in [5.74, 6) is -0.0206. The highest BCUT2D eigenvalue weighted by atomic mass is 35.5. The van der Waals surface area contributed by atoms with E-state index in [1.165, 1.54) is 0 Å². The molecule has 180 valence electrons. The van der Waals surface area contributed by atoms with Crippen LogP contribution in [0.1, 0.15) is 50.2 Å². The average Bonchev–Trinajstić information content (AvgIpc) is 3.17. The molecular weight excluding hydrogens is 465 g/mol. The zero-order chi connectivity index (χ0) is 23.8. The molecule has 33 heavy (non-hydrogen) atoms. The molecule has 1 aromatic carbocycles. The maximum absolute atomic E-state index is 12.6. The summed E-state index contributed by atoms with van der Waals surface area (Å²) in [6.45, 7) is 3.86. The van der Waals surface area contributed by atoms with Gasteiger partial charge in [0.25, 0.3) is 5.91 Å². The standard InChI is InChI=1S/C22H24ClF3N2O5/c1-11(27-21(30)20-10-17(29)16-8-13(23)3-5-18(16)31-20)2-4-14-9-19(33-28-14)12-6-15(7-12)32-22(24,25)26/h3,5,8,12,15,17,19-20,29H,1-2,4,6-7,9-10H2,(H,27,30)/t12?,15?,17-,19?,20+/m1/s1. The van der Waals surface area contributed by atoms with Crippen LogP contribution in [-0.4, -0.2) is 41.4 Å². The number of hydrogen-bond acceptors (Lipinski definition) is 6. The number of aliphatic hydroxyl groups excluding tert-OH is 1. The number of alkyl halides is 3. The first-order valence-corrected chi connectivity index (χ1v) is 11.0. The zero-order valence-corrected chi connectivity index (χ0v) is 18.4. The van der Waals surface area contributed by atoms with Gasteiger partial charge in [0, 0.05) is 35.0 Å². The number of ether oxygens (including phenoxy) is 2. The van der Waals surface area contributed by atoms with Gasteiger partial charge in [0.2, 0.25) is 0 Å². The summed E-state index contributed by atoms with van der Waals surface area (Å²) in [4.78, 5) is 18.0. The van der Waals surface area contributed by atoms with Crippen LogP contribution in [0.4, 0.5) is 13.2 Å². The summed E-state index contributed by atoms with van der Waals surface area (Å²) < 4.78 is 46.4. The Bertz CT molecular complexity index is 948. The number of benzene rings is 1. The van der Waals surface area contributed by atoms with E-state index in [-0.39, 0.29) is 31.3 Å². The number of halogens is 4. The Kier molecular flexibility index (Phi) is 6.88.